The summed E-state index contributed by atoms with van der Waals surface area (Å²) >= 11 is 0. The van der Waals surface area contributed by atoms with Crippen LogP contribution in [-0.4, -0.2) is 36.6 Å². The molecule has 22 heavy (non-hydrogen) atoms. The largest absolute Gasteiger partial charge is 0.486 e. The Balaban J connectivity index is 2.31. The van der Waals surface area contributed by atoms with Crippen molar-refractivity contribution in [2.24, 2.45) is 0 Å². The van der Waals surface area contributed by atoms with Gasteiger partial charge in [-0.15, -0.1) is 0 Å². The van der Waals surface area contributed by atoms with E-state index in [1.54, 1.807) is 0 Å². The first-order valence-corrected chi connectivity index (χ1v) is 8.09. The molecular weight excluding hydrogens is 278 g/mol. The zero-order chi connectivity index (χ0) is 17.1. The van der Waals surface area contributed by atoms with Gasteiger partial charge in [-0.1, -0.05) is 5.57 Å². The predicted octanol–water partition coefficient (Wildman–Crippen LogP) is 3.59. The van der Waals surface area contributed by atoms with E-state index >= 15 is 0 Å². The summed E-state index contributed by atoms with van der Waals surface area (Å²) in [6.07, 6.45) is 0. The van der Waals surface area contributed by atoms with Crippen molar-refractivity contribution < 1.29 is 18.6 Å². The van der Waals surface area contributed by atoms with Crippen molar-refractivity contribution in [3.05, 3.63) is 10.9 Å². The lowest BCUT2D eigenvalue weighted by molar-refractivity contribution is 0.00578. The molecule has 0 aromatic carbocycles. The average molecular weight is 308 g/mol. The van der Waals surface area contributed by atoms with E-state index in [1.165, 1.54) is 0 Å². The van der Waals surface area contributed by atoms with E-state index in [9.17, 15) is 0 Å². The lowest BCUT2D eigenvalue weighted by atomic mass is 9.55. The molecule has 0 atom stereocenters. The highest BCUT2D eigenvalue weighted by Gasteiger charge is 2.59. The van der Waals surface area contributed by atoms with Crippen LogP contribution in [0.4, 0.5) is 0 Å². The van der Waals surface area contributed by atoms with Crippen LogP contribution < -0.4 is 0 Å². The average Bonchev–Trinajstić information content (AvgIpc) is 2.56. The minimum Gasteiger partial charge on any atom is -0.400 e. The normalized spacial score (nSPS) is 28.1. The number of allylic oxidation sites excluding steroid dienone is 1. The van der Waals surface area contributed by atoms with Crippen LogP contribution in [-0.2, 0) is 18.6 Å². The van der Waals surface area contributed by atoms with Crippen LogP contribution in [0.3, 0.4) is 0 Å². The molecule has 0 saturated carbocycles. The molecule has 2 aliphatic rings. The summed E-state index contributed by atoms with van der Waals surface area (Å²) in [6.45, 7) is 20.5. The molecule has 2 aliphatic heterocycles. The number of hydrogen-bond donors (Lipinski definition) is 0. The highest BCUT2D eigenvalue weighted by Crippen LogP contribution is 2.43. The molecule has 0 unspecified atom stereocenters. The summed E-state index contributed by atoms with van der Waals surface area (Å²) in [7, 11) is -0.880. The molecule has 2 saturated heterocycles. The van der Waals surface area contributed by atoms with Gasteiger partial charge in [0.1, 0.15) is 0 Å². The van der Waals surface area contributed by atoms with Gasteiger partial charge in [-0.25, -0.2) is 0 Å². The fraction of sp³-hybridized carbons (Fsp3) is 0.875. The number of rotatable bonds is 2. The van der Waals surface area contributed by atoms with Crippen molar-refractivity contribution in [3.8, 4) is 0 Å². The van der Waals surface area contributed by atoms with Crippen LogP contribution >= 0.6 is 0 Å². The number of hydrogen-bond acceptors (Lipinski definition) is 4. The Morgan fingerprint density at radius 3 is 0.955 bits per heavy atom. The zero-order valence-electron chi connectivity index (χ0n) is 15.8. The second-order valence-corrected chi connectivity index (χ2v) is 8.63. The van der Waals surface area contributed by atoms with Crippen molar-refractivity contribution in [2.75, 3.05) is 0 Å². The maximum absolute atomic E-state index is 6.20. The Morgan fingerprint density at radius 1 is 0.545 bits per heavy atom. The molecule has 2 rings (SSSR count). The molecule has 0 N–H and O–H groups in total. The Labute approximate surface area is 136 Å². The van der Waals surface area contributed by atoms with Gasteiger partial charge in [0.15, 0.2) is 0 Å². The molecule has 0 aromatic heterocycles. The molecule has 0 aromatic rings. The minimum atomic E-state index is -0.440. The van der Waals surface area contributed by atoms with Crippen LogP contribution in [0.15, 0.2) is 10.9 Å². The van der Waals surface area contributed by atoms with Crippen LogP contribution in [0.1, 0.15) is 69.2 Å². The van der Waals surface area contributed by atoms with Crippen molar-refractivity contribution >= 4 is 14.2 Å². The third-order valence-electron chi connectivity index (χ3n) is 5.59. The van der Waals surface area contributed by atoms with Gasteiger partial charge in [0.25, 0.3) is 0 Å². The van der Waals surface area contributed by atoms with Gasteiger partial charge in [-0.3, -0.25) is 0 Å². The monoisotopic (exact) mass is 308 g/mol. The van der Waals surface area contributed by atoms with E-state index in [-0.39, 0.29) is 22.4 Å². The molecule has 0 radical (unpaired) electrons. The molecule has 2 heterocycles. The molecule has 0 spiro atoms. The van der Waals surface area contributed by atoms with Gasteiger partial charge in [0.05, 0.1) is 22.4 Å². The van der Waals surface area contributed by atoms with E-state index in [1.807, 2.05) is 13.8 Å². The Kier molecular flexibility index (Phi) is 4.19. The highest BCUT2D eigenvalue weighted by molar-refractivity contribution is 6.78. The van der Waals surface area contributed by atoms with Gasteiger partial charge in [-0.2, -0.15) is 0 Å². The minimum absolute atomic E-state index is 0.373. The molecule has 0 bridgehead atoms. The Hall–Kier alpha value is -0.290. The smallest absolute Gasteiger partial charge is 0.400 e. The van der Waals surface area contributed by atoms with E-state index in [0.29, 0.717) is 0 Å². The SMILES string of the molecule is CC(C)=C(B1OC(C)(C)C(C)(C)O1)B1OC(C)(C)C(C)(C)O1. The van der Waals surface area contributed by atoms with Gasteiger partial charge in [0.2, 0.25) is 0 Å². The molecule has 0 amide bonds. The van der Waals surface area contributed by atoms with Crippen molar-refractivity contribution in [1.82, 2.24) is 0 Å². The second-order valence-electron chi connectivity index (χ2n) is 8.63. The summed E-state index contributed by atoms with van der Waals surface area (Å²) < 4.78 is 24.8. The first kappa shape index (κ1) is 18.1. The lowest BCUT2D eigenvalue weighted by Gasteiger charge is -2.32. The van der Waals surface area contributed by atoms with Crippen LogP contribution in [0.25, 0.3) is 0 Å². The molecule has 0 aliphatic carbocycles. The van der Waals surface area contributed by atoms with Crippen molar-refractivity contribution in [1.29, 1.82) is 0 Å². The quantitative estimate of drug-likeness (QED) is 0.731. The first-order valence-electron chi connectivity index (χ1n) is 8.09. The highest BCUT2D eigenvalue weighted by atomic mass is 16.7. The summed E-state index contributed by atoms with van der Waals surface area (Å²) in [5.41, 5.74) is -0.384. The Morgan fingerprint density at radius 2 is 0.773 bits per heavy atom. The molecule has 124 valence electrons. The third kappa shape index (κ3) is 2.79. The van der Waals surface area contributed by atoms with E-state index in [2.05, 4.69) is 55.4 Å². The molecule has 6 heteroatoms. The molecule has 2 fully saturated rings. The Bertz CT molecular complexity index is 420. The van der Waals surface area contributed by atoms with Crippen LogP contribution in [0, 0.1) is 0 Å². The standard InChI is InChI=1S/C16H30B2O4/c1-11(2)12(17-19-13(3,4)14(5,6)20-17)18-21-15(7,8)16(9,10)22-18/h1-10H3. The van der Waals surface area contributed by atoms with Crippen LogP contribution in [0.5, 0.6) is 0 Å². The van der Waals surface area contributed by atoms with Crippen molar-refractivity contribution in [3.63, 3.8) is 0 Å². The van der Waals surface area contributed by atoms with Gasteiger partial charge in [-0.05, 0) is 74.6 Å². The lowest BCUT2D eigenvalue weighted by Crippen LogP contribution is -2.41. The molecule has 4 nitrogen and oxygen atoms in total. The van der Waals surface area contributed by atoms with E-state index in [0.717, 1.165) is 10.9 Å². The predicted molar refractivity (Wildman–Crippen MR) is 90.5 cm³/mol. The van der Waals surface area contributed by atoms with E-state index < -0.39 is 14.2 Å². The first-order chi connectivity index (χ1) is 9.70. The van der Waals surface area contributed by atoms with Crippen molar-refractivity contribution in [2.45, 2.75) is 91.6 Å². The topological polar surface area (TPSA) is 36.9 Å². The summed E-state index contributed by atoms with van der Waals surface area (Å²) in [5, 5.41) is 0.942. The summed E-state index contributed by atoms with van der Waals surface area (Å²) in [5.74, 6) is 0. The zero-order valence-corrected chi connectivity index (χ0v) is 15.8. The maximum Gasteiger partial charge on any atom is 0.486 e. The molecular formula is C16H30B2O4. The fourth-order valence-electron chi connectivity index (χ4n) is 2.52. The van der Waals surface area contributed by atoms with Gasteiger partial charge in [0, 0.05) is 0 Å². The summed E-state index contributed by atoms with van der Waals surface area (Å²) in [4.78, 5) is 0. The van der Waals surface area contributed by atoms with Crippen LogP contribution in [0.2, 0.25) is 0 Å². The third-order valence-corrected chi connectivity index (χ3v) is 5.59. The van der Waals surface area contributed by atoms with Gasteiger partial charge >= 0.3 is 14.2 Å². The second kappa shape index (κ2) is 5.10. The summed E-state index contributed by atoms with van der Waals surface area (Å²) in [6, 6.07) is 0. The fourth-order valence-corrected chi connectivity index (χ4v) is 2.52. The van der Waals surface area contributed by atoms with E-state index in [4.69, 9.17) is 18.6 Å². The maximum atomic E-state index is 6.20. The van der Waals surface area contributed by atoms with Gasteiger partial charge < -0.3 is 18.6 Å².